The summed E-state index contributed by atoms with van der Waals surface area (Å²) in [7, 11) is 0. The van der Waals surface area contributed by atoms with Gasteiger partial charge in [0, 0.05) is 28.7 Å². The third-order valence-electron chi connectivity index (χ3n) is 1.92. The quantitative estimate of drug-likeness (QED) is 0.942. The molecular weight excluding hydrogens is 288 g/mol. The van der Waals surface area contributed by atoms with Gasteiger partial charge in [0.1, 0.15) is 5.69 Å². The fraction of sp³-hybridized carbons (Fsp3) is 0.300. The molecule has 0 aliphatic heterocycles. The van der Waals surface area contributed by atoms with Gasteiger partial charge in [0.25, 0.3) is 0 Å². The topological polar surface area (TPSA) is 50.7 Å². The highest BCUT2D eigenvalue weighted by atomic mass is 79.9. The van der Waals surface area contributed by atoms with Crippen molar-refractivity contribution < 1.29 is 0 Å². The van der Waals surface area contributed by atoms with Crippen LogP contribution < -0.4 is 5.32 Å². The van der Waals surface area contributed by atoms with E-state index in [1.54, 1.807) is 6.20 Å². The summed E-state index contributed by atoms with van der Waals surface area (Å²) in [4.78, 5) is 8.63. The molecule has 84 valence electrons. The van der Waals surface area contributed by atoms with E-state index in [4.69, 9.17) is 0 Å². The summed E-state index contributed by atoms with van der Waals surface area (Å²) < 4.78 is 5.19. The molecule has 0 atom stereocenters. The normalized spacial score (nSPS) is 10.4. The van der Waals surface area contributed by atoms with Gasteiger partial charge in [0.15, 0.2) is 5.82 Å². The lowest BCUT2D eigenvalue weighted by Crippen LogP contribution is -1.98. The lowest BCUT2D eigenvalue weighted by Gasteiger charge is -1.97. The number of pyridine rings is 1. The van der Waals surface area contributed by atoms with Gasteiger partial charge in [0.05, 0.1) is 0 Å². The zero-order chi connectivity index (χ0) is 11.4. The first-order chi connectivity index (χ1) is 7.81. The van der Waals surface area contributed by atoms with E-state index in [9.17, 15) is 0 Å². The molecule has 0 amide bonds. The molecule has 2 rings (SSSR count). The van der Waals surface area contributed by atoms with Gasteiger partial charge < -0.3 is 5.32 Å². The van der Waals surface area contributed by atoms with Gasteiger partial charge in [-0.3, -0.25) is 4.98 Å². The Morgan fingerprint density at radius 2 is 2.38 bits per heavy atom. The van der Waals surface area contributed by atoms with Crippen molar-refractivity contribution in [2.24, 2.45) is 0 Å². The third kappa shape index (κ3) is 2.56. The van der Waals surface area contributed by atoms with Crippen LogP contribution in [-0.4, -0.2) is 20.9 Å². The Kier molecular flexibility index (Phi) is 3.84. The lowest BCUT2D eigenvalue weighted by molar-refractivity contribution is 0.976. The van der Waals surface area contributed by atoms with Gasteiger partial charge >= 0.3 is 0 Å². The molecule has 2 aromatic heterocycles. The van der Waals surface area contributed by atoms with Crippen LogP contribution in [0.4, 0.5) is 5.13 Å². The van der Waals surface area contributed by atoms with Gasteiger partial charge in [-0.1, -0.05) is 6.92 Å². The Labute approximate surface area is 106 Å². The van der Waals surface area contributed by atoms with Gasteiger partial charge in [-0.2, -0.15) is 9.36 Å². The highest BCUT2D eigenvalue weighted by Crippen LogP contribution is 2.25. The minimum absolute atomic E-state index is 0.663. The lowest BCUT2D eigenvalue weighted by atomic mass is 10.3. The maximum absolute atomic E-state index is 4.38. The largest absolute Gasteiger partial charge is 0.360 e. The Balaban J connectivity index is 2.22. The van der Waals surface area contributed by atoms with Crippen LogP contribution in [0.2, 0.25) is 0 Å². The molecule has 0 fully saturated rings. The average Bonchev–Trinajstić information content (AvgIpc) is 2.75. The van der Waals surface area contributed by atoms with Crippen LogP contribution >= 0.6 is 27.5 Å². The van der Waals surface area contributed by atoms with Crippen molar-refractivity contribution in [1.29, 1.82) is 0 Å². The molecule has 0 aliphatic carbocycles. The number of nitrogens with zero attached hydrogens (tertiary/aromatic N) is 3. The number of anilines is 1. The van der Waals surface area contributed by atoms with E-state index < -0.39 is 0 Å². The number of nitrogens with one attached hydrogen (secondary N) is 1. The first-order valence-electron chi connectivity index (χ1n) is 4.99. The van der Waals surface area contributed by atoms with E-state index in [1.165, 1.54) is 11.5 Å². The highest BCUT2D eigenvalue weighted by Gasteiger charge is 2.10. The van der Waals surface area contributed by atoms with E-state index >= 15 is 0 Å². The van der Waals surface area contributed by atoms with Crippen molar-refractivity contribution in [3.63, 3.8) is 0 Å². The average molecular weight is 299 g/mol. The molecule has 2 aromatic rings. The molecule has 4 nitrogen and oxygen atoms in total. The molecule has 0 saturated carbocycles. The van der Waals surface area contributed by atoms with E-state index in [0.717, 1.165) is 28.3 Å². The molecule has 0 saturated heterocycles. The molecule has 0 bridgehead atoms. The second kappa shape index (κ2) is 5.36. The fourth-order valence-electron chi connectivity index (χ4n) is 1.17. The predicted octanol–water partition coefficient (Wildman–Crippen LogP) is 3.18. The Morgan fingerprint density at radius 1 is 1.50 bits per heavy atom. The summed E-state index contributed by atoms with van der Waals surface area (Å²) in [5.41, 5.74) is 0.781. The highest BCUT2D eigenvalue weighted by molar-refractivity contribution is 9.10. The van der Waals surface area contributed by atoms with Crippen LogP contribution in [0.1, 0.15) is 13.3 Å². The first kappa shape index (κ1) is 11.5. The summed E-state index contributed by atoms with van der Waals surface area (Å²) in [6.07, 6.45) is 2.81. The third-order valence-corrected chi connectivity index (χ3v) is 3.24. The molecule has 16 heavy (non-hydrogen) atoms. The second-order valence-electron chi connectivity index (χ2n) is 3.18. The monoisotopic (exact) mass is 298 g/mol. The molecule has 0 aliphatic rings. The fourth-order valence-corrected chi connectivity index (χ4v) is 2.20. The van der Waals surface area contributed by atoms with Crippen LogP contribution in [0.15, 0.2) is 22.8 Å². The molecule has 6 heteroatoms. The molecule has 0 aromatic carbocycles. The van der Waals surface area contributed by atoms with Crippen LogP contribution in [-0.2, 0) is 0 Å². The Hall–Kier alpha value is -1.01. The Morgan fingerprint density at radius 3 is 3.12 bits per heavy atom. The molecular formula is C10H11BrN4S. The predicted molar refractivity (Wildman–Crippen MR) is 69.6 cm³/mol. The number of hydrogen-bond acceptors (Lipinski definition) is 5. The van der Waals surface area contributed by atoms with Crippen LogP contribution in [0.25, 0.3) is 11.5 Å². The van der Waals surface area contributed by atoms with Gasteiger partial charge in [-0.05, 0) is 34.5 Å². The van der Waals surface area contributed by atoms with Crippen LogP contribution in [0.5, 0.6) is 0 Å². The minimum atomic E-state index is 0.663. The molecule has 1 N–H and O–H groups in total. The summed E-state index contributed by atoms with van der Waals surface area (Å²) in [6, 6.07) is 3.80. The minimum Gasteiger partial charge on any atom is -0.360 e. The number of rotatable bonds is 4. The number of hydrogen-bond donors (Lipinski definition) is 1. The zero-order valence-electron chi connectivity index (χ0n) is 8.77. The van der Waals surface area contributed by atoms with Gasteiger partial charge in [-0.25, -0.2) is 0 Å². The summed E-state index contributed by atoms with van der Waals surface area (Å²) in [5.74, 6) is 0.663. The van der Waals surface area contributed by atoms with E-state index in [1.807, 2.05) is 12.1 Å². The Bertz CT molecular complexity index is 471. The van der Waals surface area contributed by atoms with Crippen molar-refractivity contribution in [2.75, 3.05) is 11.9 Å². The molecule has 2 heterocycles. The molecule has 0 radical (unpaired) electrons. The van der Waals surface area contributed by atoms with Crippen molar-refractivity contribution in [2.45, 2.75) is 13.3 Å². The second-order valence-corrected chi connectivity index (χ2v) is 4.79. The number of halogens is 1. The smallest absolute Gasteiger partial charge is 0.202 e. The van der Waals surface area contributed by atoms with Crippen LogP contribution in [0, 0.1) is 0 Å². The standard InChI is InChI=1S/C10H11BrN4S/c1-2-5-13-10-14-9(15-16-10)8-7(11)4-3-6-12-8/h3-4,6H,2,5H2,1H3,(H,13,14,15). The van der Waals surface area contributed by atoms with Crippen molar-refractivity contribution in [1.82, 2.24) is 14.3 Å². The molecule has 0 spiro atoms. The van der Waals surface area contributed by atoms with E-state index in [0.29, 0.717) is 5.82 Å². The summed E-state index contributed by atoms with van der Waals surface area (Å²) >= 11 is 4.80. The zero-order valence-corrected chi connectivity index (χ0v) is 11.2. The van der Waals surface area contributed by atoms with Crippen molar-refractivity contribution >= 4 is 32.6 Å². The first-order valence-corrected chi connectivity index (χ1v) is 6.56. The maximum Gasteiger partial charge on any atom is 0.202 e. The van der Waals surface area contributed by atoms with Crippen molar-refractivity contribution in [3.05, 3.63) is 22.8 Å². The van der Waals surface area contributed by atoms with E-state index in [-0.39, 0.29) is 0 Å². The van der Waals surface area contributed by atoms with E-state index in [2.05, 4.69) is 42.5 Å². The summed E-state index contributed by atoms with van der Waals surface area (Å²) in [5, 5.41) is 4.05. The number of aromatic nitrogens is 3. The molecule has 0 unspecified atom stereocenters. The van der Waals surface area contributed by atoms with Crippen LogP contribution in [0.3, 0.4) is 0 Å². The maximum atomic E-state index is 4.38. The van der Waals surface area contributed by atoms with Gasteiger partial charge in [0.2, 0.25) is 5.13 Å². The summed E-state index contributed by atoms with van der Waals surface area (Å²) in [6.45, 7) is 3.03. The SMILES string of the molecule is CCCNc1nc(-c2ncccc2Br)ns1. The van der Waals surface area contributed by atoms with Crippen molar-refractivity contribution in [3.8, 4) is 11.5 Å². The van der Waals surface area contributed by atoms with Gasteiger partial charge in [-0.15, -0.1) is 0 Å².